The SMILES string of the molecule is Cc1cc(-c2noc([C@H](C)NC(=O)c3ccc(C)s3)n2)ccn1. The highest BCUT2D eigenvalue weighted by molar-refractivity contribution is 7.13. The first-order valence-electron chi connectivity index (χ1n) is 7.17. The molecule has 0 unspecified atom stereocenters. The van der Waals surface area contributed by atoms with Gasteiger partial charge in [0.25, 0.3) is 5.91 Å². The van der Waals surface area contributed by atoms with Gasteiger partial charge in [-0.2, -0.15) is 4.98 Å². The summed E-state index contributed by atoms with van der Waals surface area (Å²) >= 11 is 1.45. The summed E-state index contributed by atoms with van der Waals surface area (Å²) in [5, 5.41) is 6.84. The number of pyridine rings is 1. The molecule has 0 bridgehead atoms. The zero-order valence-electron chi connectivity index (χ0n) is 13.0. The number of amides is 1. The predicted molar refractivity (Wildman–Crippen MR) is 87.2 cm³/mol. The molecule has 0 spiro atoms. The summed E-state index contributed by atoms with van der Waals surface area (Å²) in [6.07, 6.45) is 1.70. The zero-order valence-corrected chi connectivity index (χ0v) is 13.8. The summed E-state index contributed by atoms with van der Waals surface area (Å²) < 4.78 is 5.27. The zero-order chi connectivity index (χ0) is 16.4. The minimum Gasteiger partial charge on any atom is -0.340 e. The molecule has 3 aromatic heterocycles. The summed E-state index contributed by atoms with van der Waals surface area (Å²) in [5.41, 5.74) is 1.71. The van der Waals surface area contributed by atoms with Crippen LogP contribution in [0.25, 0.3) is 11.4 Å². The quantitative estimate of drug-likeness (QED) is 0.794. The Morgan fingerprint density at radius 1 is 1.30 bits per heavy atom. The molecule has 1 atom stereocenters. The number of carbonyl (C=O) groups excluding carboxylic acids is 1. The van der Waals surface area contributed by atoms with E-state index in [1.165, 1.54) is 11.3 Å². The highest BCUT2D eigenvalue weighted by atomic mass is 32.1. The fourth-order valence-electron chi connectivity index (χ4n) is 2.10. The van der Waals surface area contributed by atoms with E-state index in [0.29, 0.717) is 16.6 Å². The van der Waals surface area contributed by atoms with Crippen LogP contribution in [-0.2, 0) is 0 Å². The molecule has 0 aromatic carbocycles. The molecule has 0 aliphatic carbocycles. The molecule has 0 radical (unpaired) electrons. The highest BCUT2D eigenvalue weighted by Crippen LogP contribution is 2.20. The van der Waals surface area contributed by atoms with Crippen molar-refractivity contribution >= 4 is 17.2 Å². The van der Waals surface area contributed by atoms with Crippen LogP contribution in [0.4, 0.5) is 0 Å². The van der Waals surface area contributed by atoms with E-state index >= 15 is 0 Å². The number of rotatable bonds is 4. The van der Waals surface area contributed by atoms with Crippen LogP contribution in [0, 0.1) is 13.8 Å². The molecule has 0 aliphatic heterocycles. The average Bonchev–Trinajstić information content (AvgIpc) is 3.16. The Labute approximate surface area is 137 Å². The Hall–Kier alpha value is -2.54. The Morgan fingerprint density at radius 3 is 2.83 bits per heavy atom. The van der Waals surface area contributed by atoms with E-state index in [9.17, 15) is 4.79 Å². The van der Waals surface area contributed by atoms with Gasteiger partial charge in [0.15, 0.2) is 0 Å². The van der Waals surface area contributed by atoms with Gasteiger partial charge in [0.05, 0.1) is 4.88 Å². The van der Waals surface area contributed by atoms with Gasteiger partial charge in [-0.05, 0) is 45.0 Å². The van der Waals surface area contributed by atoms with Gasteiger partial charge in [-0.25, -0.2) is 0 Å². The van der Waals surface area contributed by atoms with Crippen LogP contribution in [0.3, 0.4) is 0 Å². The van der Waals surface area contributed by atoms with Gasteiger partial charge < -0.3 is 9.84 Å². The van der Waals surface area contributed by atoms with E-state index in [0.717, 1.165) is 16.1 Å². The smallest absolute Gasteiger partial charge is 0.261 e. The van der Waals surface area contributed by atoms with Gasteiger partial charge in [-0.1, -0.05) is 5.16 Å². The molecule has 1 N–H and O–H groups in total. The lowest BCUT2D eigenvalue weighted by Crippen LogP contribution is -2.26. The minimum absolute atomic E-state index is 0.143. The third kappa shape index (κ3) is 3.45. The average molecular weight is 328 g/mol. The summed E-state index contributed by atoms with van der Waals surface area (Å²) in [6.45, 7) is 5.68. The lowest BCUT2D eigenvalue weighted by atomic mass is 10.2. The van der Waals surface area contributed by atoms with E-state index in [4.69, 9.17) is 4.52 Å². The first kappa shape index (κ1) is 15.4. The maximum Gasteiger partial charge on any atom is 0.261 e. The van der Waals surface area contributed by atoms with Gasteiger partial charge in [0.1, 0.15) is 6.04 Å². The molecule has 0 saturated heterocycles. The maximum absolute atomic E-state index is 12.2. The standard InChI is InChI=1S/C16H16N4O2S/c1-9-8-12(6-7-17-9)14-19-16(22-20-14)11(3)18-15(21)13-5-4-10(2)23-13/h4-8,11H,1-3H3,(H,18,21)/t11-/m0/s1. The number of carbonyl (C=O) groups is 1. The van der Waals surface area contributed by atoms with Crippen LogP contribution in [0.5, 0.6) is 0 Å². The molecule has 0 aliphatic rings. The lowest BCUT2D eigenvalue weighted by molar-refractivity contribution is 0.0936. The number of thiophene rings is 1. The molecule has 3 heterocycles. The first-order valence-corrected chi connectivity index (χ1v) is 7.98. The summed E-state index contributed by atoms with van der Waals surface area (Å²) in [5.74, 6) is 0.713. The Kier molecular flexibility index (Phi) is 4.20. The van der Waals surface area contributed by atoms with Crippen LogP contribution >= 0.6 is 11.3 Å². The third-order valence-electron chi connectivity index (χ3n) is 3.28. The van der Waals surface area contributed by atoms with Crippen molar-refractivity contribution in [3.63, 3.8) is 0 Å². The van der Waals surface area contributed by atoms with E-state index in [1.807, 2.05) is 39.0 Å². The van der Waals surface area contributed by atoms with Crippen LogP contribution in [0.1, 0.15) is 39.1 Å². The molecule has 23 heavy (non-hydrogen) atoms. The first-order chi connectivity index (χ1) is 11.0. The topological polar surface area (TPSA) is 80.9 Å². The van der Waals surface area contributed by atoms with Gasteiger partial charge in [0, 0.05) is 22.3 Å². The van der Waals surface area contributed by atoms with Gasteiger partial charge in [-0.15, -0.1) is 11.3 Å². The second-order valence-corrected chi connectivity index (χ2v) is 6.54. The molecular formula is C16H16N4O2S. The third-order valence-corrected chi connectivity index (χ3v) is 4.28. The highest BCUT2D eigenvalue weighted by Gasteiger charge is 2.19. The monoisotopic (exact) mass is 328 g/mol. The van der Waals surface area contributed by atoms with Gasteiger partial charge >= 0.3 is 0 Å². The van der Waals surface area contributed by atoms with Crippen molar-refractivity contribution in [2.75, 3.05) is 0 Å². The van der Waals surface area contributed by atoms with Crippen molar-refractivity contribution in [2.45, 2.75) is 26.8 Å². The van der Waals surface area contributed by atoms with E-state index in [2.05, 4.69) is 20.4 Å². The van der Waals surface area contributed by atoms with Gasteiger partial charge in [-0.3, -0.25) is 9.78 Å². The number of hydrogen-bond donors (Lipinski definition) is 1. The van der Waals surface area contributed by atoms with Crippen molar-refractivity contribution in [1.29, 1.82) is 0 Å². The summed E-state index contributed by atoms with van der Waals surface area (Å²) in [4.78, 5) is 22.4. The number of nitrogens with one attached hydrogen (secondary N) is 1. The lowest BCUT2D eigenvalue weighted by Gasteiger charge is -2.08. The van der Waals surface area contributed by atoms with Crippen LogP contribution in [0.2, 0.25) is 0 Å². The fourth-order valence-corrected chi connectivity index (χ4v) is 2.87. The number of hydrogen-bond acceptors (Lipinski definition) is 6. The molecule has 7 heteroatoms. The number of aryl methyl sites for hydroxylation is 2. The van der Waals surface area contributed by atoms with Crippen molar-refractivity contribution in [2.24, 2.45) is 0 Å². The van der Waals surface area contributed by atoms with Crippen LogP contribution < -0.4 is 5.32 Å². The summed E-state index contributed by atoms with van der Waals surface area (Å²) in [7, 11) is 0. The van der Waals surface area contributed by atoms with E-state index in [1.54, 1.807) is 12.3 Å². The van der Waals surface area contributed by atoms with Crippen molar-refractivity contribution in [1.82, 2.24) is 20.4 Å². The van der Waals surface area contributed by atoms with Gasteiger partial charge in [0.2, 0.25) is 11.7 Å². The molecule has 0 fully saturated rings. The number of aromatic nitrogens is 3. The van der Waals surface area contributed by atoms with Crippen molar-refractivity contribution in [3.8, 4) is 11.4 Å². The van der Waals surface area contributed by atoms with Crippen LogP contribution in [0.15, 0.2) is 35.0 Å². The van der Waals surface area contributed by atoms with E-state index < -0.39 is 0 Å². The normalized spacial score (nSPS) is 12.1. The molecule has 6 nitrogen and oxygen atoms in total. The molecule has 3 aromatic rings. The second-order valence-electron chi connectivity index (χ2n) is 5.25. The Bertz CT molecular complexity index is 840. The molecular weight excluding hydrogens is 312 g/mol. The van der Waals surface area contributed by atoms with E-state index in [-0.39, 0.29) is 11.9 Å². The number of nitrogens with zero attached hydrogens (tertiary/aromatic N) is 3. The largest absolute Gasteiger partial charge is 0.340 e. The second kappa shape index (κ2) is 6.29. The minimum atomic E-state index is -0.367. The molecule has 118 valence electrons. The molecule has 1 amide bonds. The summed E-state index contributed by atoms with van der Waals surface area (Å²) in [6, 6.07) is 7.06. The predicted octanol–water partition coefficient (Wildman–Crippen LogP) is 3.30. The fraction of sp³-hybridized carbons (Fsp3) is 0.250. The molecule has 3 rings (SSSR count). The Morgan fingerprint density at radius 2 is 2.13 bits per heavy atom. The van der Waals surface area contributed by atoms with Crippen molar-refractivity contribution in [3.05, 3.63) is 51.8 Å². The maximum atomic E-state index is 12.2. The Balaban J connectivity index is 1.73. The molecule has 0 saturated carbocycles. The van der Waals surface area contributed by atoms with Crippen LogP contribution in [-0.4, -0.2) is 21.0 Å². The van der Waals surface area contributed by atoms with Crippen molar-refractivity contribution < 1.29 is 9.32 Å².